The van der Waals surface area contributed by atoms with Crippen LogP contribution in [0.25, 0.3) is 0 Å². The van der Waals surface area contributed by atoms with Crippen molar-refractivity contribution in [3.63, 3.8) is 0 Å². The summed E-state index contributed by atoms with van der Waals surface area (Å²) >= 11 is 0. The number of carbonyl (C=O) groups is 1. The van der Waals surface area contributed by atoms with Crippen molar-refractivity contribution in [3.05, 3.63) is 0 Å². The molecule has 0 saturated heterocycles. The quantitative estimate of drug-likeness (QED) is 0.542. The van der Waals surface area contributed by atoms with Gasteiger partial charge in [-0.1, -0.05) is 83.1 Å². The van der Waals surface area contributed by atoms with Crippen molar-refractivity contribution in [1.82, 2.24) is 11.5 Å². The van der Waals surface area contributed by atoms with Crippen molar-refractivity contribution >= 4 is 6.03 Å². The topological polar surface area (TPSA) is 90.1 Å². The van der Waals surface area contributed by atoms with Crippen LogP contribution in [0.5, 0.6) is 0 Å². The monoisotopic (exact) mass is 295 g/mol. The molecule has 0 unspecified atom stereocenters. The second-order valence-corrected chi connectivity index (χ2v) is 6.61. The minimum Gasteiger partial charge on any atom is -0.352 e. The van der Waals surface area contributed by atoms with Crippen LogP contribution in [0, 0.1) is 10.8 Å². The fourth-order valence-corrected chi connectivity index (χ4v) is 0. The SMILES string of the molecule is CC.CC.CC(C)(C)C.CC(C)(C)C.CNC(N)=O.N. The highest BCUT2D eigenvalue weighted by Gasteiger charge is 1.96. The highest BCUT2D eigenvalue weighted by atomic mass is 16.2. The van der Waals surface area contributed by atoms with E-state index in [1.54, 1.807) is 0 Å². The van der Waals surface area contributed by atoms with Crippen molar-refractivity contribution in [2.45, 2.75) is 83.1 Å². The number of primary amides is 1. The van der Waals surface area contributed by atoms with Gasteiger partial charge in [0, 0.05) is 7.05 Å². The van der Waals surface area contributed by atoms with Crippen molar-refractivity contribution < 1.29 is 4.79 Å². The highest BCUT2D eigenvalue weighted by Crippen LogP contribution is 2.08. The van der Waals surface area contributed by atoms with E-state index < -0.39 is 6.03 Å². The lowest BCUT2D eigenvalue weighted by Gasteiger charge is -2.05. The van der Waals surface area contributed by atoms with Gasteiger partial charge in [0.15, 0.2) is 0 Å². The molecule has 0 heterocycles. The number of hydrogen-bond donors (Lipinski definition) is 3. The molecule has 0 aromatic rings. The third-order valence-corrected chi connectivity index (χ3v) is 0.246. The number of urea groups is 1. The van der Waals surface area contributed by atoms with E-state index in [4.69, 9.17) is 0 Å². The standard InChI is InChI=1S/2C5H12.C2H6N2O.2C2H6.H3N/c2*1-5(2,3)4;1-4-2(3)5;2*1-2;/h2*1-4H3;1H3,(H3,3,4,5);2*1-2H3;1H3. The van der Waals surface area contributed by atoms with Gasteiger partial charge in [-0.05, 0) is 10.8 Å². The van der Waals surface area contributed by atoms with Crippen LogP contribution in [-0.4, -0.2) is 13.1 Å². The summed E-state index contributed by atoms with van der Waals surface area (Å²) in [4.78, 5) is 9.48. The molecule has 0 rings (SSSR count). The highest BCUT2D eigenvalue weighted by molar-refractivity contribution is 5.71. The lowest BCUT2D eigenvalue weighted by Crippen LogP contribution is -2.24. The summed E-state index contributed by atoms with van der Waals surface area (Å²) in [5, 5.41) is 2.17. The van der Waals surface area contributed by atoms with Crippen molar-refractivity contribution in [3.8, 4) is 0 Å². The second kappa shape index (κ2) is 23.3. The second-order valence-electron chi connectivity index (χ2n) is 6.61. The van der Waals surface area contributed by atoms with Crippen LogP contribution in [0.4, 0.5) is 4.79 Å². The van der Waals surface area contributed by atoms with Gasteiger partial charge in [-0.15, -0.1) is 0 Å². The van der Waals surface area contributed by atoms with E-state index in [1.165, 1.54) is 7.05 Å². The van der Waals surface area contributed by atoms with E-state index in [9.17, 15) is 4.79 Å². The number of rotatable bonds is 0. The number of hydrogen-bond acceptors (Lipinski definition) is 2. The summed E-state index contributed by atoms with van der Waals surface area (Å²) in [6.45, 7) is 25.5. The van der Waals surface area contributed by atoms with Gasteiger partial charge in [-0.3, -0.25) is 0 Å². The summed E-state index contributed by atoms with van der Waals surface area (Å²) in [5.74, 6) is 0. The smallest absolute Gasteiger partial charge is 0.311 e. The molecule has 0 fully saturated rings. The Morgan fingerprint density at radius 2 is 0.800 bits per heavy atom. The molecule has 0 aliphatic heterocycles. The van der Waals surface area contributed by atoms with Crippen LogP contribution < -0.4 is 17.2 Å². The van der Waals surface area contributed by atoms with E-state index >= 15 is 0 Å². The van der Waals surface area contributed by atoms with Crippen LogP contribution in [0.15, 0.2) is 0 Å². The molecular weight excluding hydrogens is 250 g/mol. The van der Waals surface area contributed by atoms with Crippen molar-refractivity contribution in [2.24, 2.45) is 16.6 Å². The summed E-state index contributed by atoms with van der Waals surface area (Å²) in [7, 11) is 1.47. The molecule has 6 N–H and O–H groups in total. The van der Waals surface area contributed by atoms with Gasteiger partial charge in [-0.2, -0.15) is 0 Å². The van der Waals surface area contributed by atoms with E-state index in [-0.39, 0.29) is 6.15 Å². The van der Waals surface area contributed by atoms with Gasteiger partial charge in [0.2, 0.25) is 0 Å². The van der Waals surface area contributed by atoms with Crippen molar-refractivity contribution in [2.75, 3.05) is 7.05 Å². The first-order valence-corrected chi connectivity index (χ1v) is 7.24. The summed E-state index contributed by atoms with van der Waals surface area (Å²) < 4.78 is 0. The summed E-state index contributed by atoms with van der Waals surface area (Å²) in [6.07, 6.45) is 0. The predicted octanol–water partition coefficient (Wildman–Crippen LogP) is 5.60. The van der Waals surface area contributed by atoms with Gasteiger partial charge in [-0.25, -0.2) is 4.79 Å². The largest absolute Gasteiger partial charge is 0.352 e. The molecule has 0 atom stereocenters. The van der Waals surface area contributed by atoms with Gasteiger partial charge in [0.05, 0.1) is 0 Å². The van der Waals surface area contributed by atoms with Crippen LogP contribution in [0.2, 0.25) is 0 Å². The maximum absolute atomic E-state index is 9.48. The van der Waals surface area contributed by atoms with Gasteiger partial charge in [0.1, 0.15) is 0 Å². The molecule has 4 heteroatoms. The van der Waals surface area contributed by atoms with E-state index in [0.717, 1.165) is 0 Å². The Labute approximate surface area is 129 Å². The van der Waals surface area contributed by atoms with E-state index in [1.807, 2.05) is 27.7 Å². The zero-order chi connectivity index (χ0) is 17.3. The molecule has 0 aromatic carbocycles. The van der Waals surface area contributed by atoms with Crippen LogP contribution in [0.1, 0.15) is 83.1 Å². The Balaban J connectivity index is -0.0000000319. The van der Waals surface area contributed by atoms with Crippen LogP contribution in [-0.2, 0) is 0 Å². The first-order valence-electron chi connectivity index (χ1n) is 7.24. The Hall–Kier alpha value is -0.770. The molecule has 0 bridgehead atoms. The summed E-state index contributed by atoms with van der Waals surface area (Å²) in [6, 6.07) is -0.495. The Morgan fingerprint density at radius 1 is 0.750 bits per heavy atom. The van der Waals surface area contributed by atoms with E-state index in [2.05, 4.69) is 66.4 Å². The zero-order valence-electron chi connectivity index (χ0n) is 16.7. The fourth-order valence-electron chi connectivity index (χ4n) is 0. The van der Waals surface area contributed by atoms with Crippen molar-refractivity contribution in [1.29, 1.82) is 0 Å². The van der Waals surface area contributed by atoms with Crippen LogP contribution in [0.3, 0.4) is 0 Å². The minimum absolute atomic E-state index is 0. The maximum atomic E-state index is 9.48. The molecule has 4 nitrogen and oxygen atoms in total. The third kappa shape index (κ3) is 3000. The molecular formula is C16H45N3O. The average molecular weight is 296 g/mol. The molecule has 2 amide bonds. The normalized spacial score (nSPS) is 8.25. The zero-order valence-corrected chi connectivity index (χ0v) is 16.7. The maximum Gasteiger partial charge on any atom is 0.311 e. The van der Waals surface area contributed by atoms with Crippen LogP contribution >= 0.6 is 0 Å². The lowest BCUT2D eigenvalue weighted by molar-refractivity contribution is 0.251. The fraction of sp³-hybridized carbons (Fsp3) is 0.938. The molecule has 0 spiro atoms. The Bertz CT molecular complexity index is 132. The Kier molecular flexibility index (Phi) is 42.6. The Morgan fingerprint density at radius 3 is 0.800 bits per heavy atom. The summed E-state index contributed by atoms with van der Waals surface area (Å²) in [5.41, 5.74) is 5.54. The number of nitrogens with two attached hydrogens (primary N) is 1. The molecule has 130 valence electrons. The lowest BCUT2D eigenvalue weighted by atomic mass is 10.0. The minimum atomic E-state index is -0.495. The first-order chi connectivity index (χ1) is 8.27. The molecule has 0 aliphatic rings. The van der Waals surface area contributed by atoms with Gasteiger partial charge >= 0.3 is 6.03 Å². The third-order valence-electron chi connectivity index (χ3n) is 0.246. The van der Waals surface area contributed by atoms with E-state index in [0.29, 0.717) is 10.8 Å². The predicted molar refractivity (Wildman–Crippen MR) is 96.6 cm³/mol. The molecule has 0 aromatic heterocycles. The molecule has 20 heavy (non-hydrogen) atoms. The number of nitrogens with one attached hydrogen (secondary N) is 1. The molecule has 0 aliphatic carbocycles. The number of carbonyl (C=O) groups excluding carboxylic acids is 1. The van der Waals surface area contributed by atoms with Gasteiger partial charge < -0.3 is 17.2 Å². The first kappa shape index (κ1) is 36.5. The average Bonchev–Trinajstić information content (AvgIpc) is 2.19. The molecule has 0 radical (unpaired) electrons. The van der Waals surface area contributed by atoms with Gasteiger partial charge in [0.25, 0.3) is 0 Å². The number of amides is 2. The molecule has 0 saturated carbocycles.